The first kappa shape index (κ1) is 18.1. The number of anilines is 2. The Morgan fingerprint density at radius 1 is 1.26 bits per heavy atom. The molecule has 0 unspecified atom stereocenters. The van der Waals surface area contributed by atoms with Crippen molar-refractivity contribution < 1.29 is 9.59 Å². The Balaban J connectivity index is 1.36. The molecule has 2 aliphatic rings. The molecule has 4 rings (SSSR count). The molecule has 2 heterocycles. The van der Waals surface area contributed by atoms with Gasteiger partial charge in [-0.3, -0.25) is 14.7 Å². The molecular weight excluding hydrogens is 360 g/mol. The first-order valence-electron chi connectivity index (χ1n) is 9.55. The molecule has 2 amide bonds. The van der Waals surface area contributed by atoms with Crippen LogP contribution in [-0.2, 0) is 16.0 Å². The van der Waals surface area contributed by atoms with Crippen molar-refractivity contribution in [2.24, 2.45) is 5.92 Å². The molecule has 1 aliphatic carbocycles. The number of amides is 2. The van der Waals surface area contributed by atoms with Gasteiger partial charge in [0.2, 0.25) is 11.8 Å². The van der Waals surface area contributed by atoms with Crippen molar-refractivity contribution in [1.82, 2.24) is 10.2 Å². The van der Waals surface area contributed by atoms with Crippen LogP contribution in [0.5, 0.6) is 0 Å². The molecule has 2 N–H and O–H groups in total. The zero-order valence-corrected chi connectivity index (χ0v) is 16.1. The highest BCUT2D eigenvalue weighted by Crippen LogP contribution is 2.34. The molecule has 1 saturated carbocycles. The van der Waals surface area contributed by atoms with Gasteiger partial charge in [0.1, 0.15) is 6.54 Å². The maximum absolute atomic E-state index is 12.5. The fraction of sp³-hybridized carbons (Fsp3) is 0.450. The van der Waals surface area contributed by atoms with Crippen LogP contribution >= 0.6 is 11.8 Å². The van der Waals surface area contributed by atoms with Crippen LogP contribution in [0, 0.1) is 5.92 Å². The van der Waals surface area contributed by atoms with E-state index in [0.717, 1.165) is 22.7 Å². The van der Waals surface area contributed by atoms with Crippen LogP contribution in [0.4, 0.5) is 11.5 Å². The SMILES string of the molecule is O=C(CN1C(=O)CSc2ccccc21)Nc1cc(CC2CCCCC2)[nH]n1. The molecule has 0 spiro atoms. The minimum Gasteiger partial charge on any atom is -0.308 e. The van der Waals surface area contributed by atoms with E-state index in [1.807, 2.05) is 30.3 Å². The Labute approximate surface area is 163 Å². The number of hydrogen-bond acceptors (Lipinski definition) is 4. The summed E-state index contributed by atoms with van der Waals surface area (Å²) in [4.78, 5) is 27.3. The third-order valence-corrected chi connectivity index (χ3v) is 6.29. The highest BCUT2D eigenvalue weighted by atomic mass is 32.2. The molecular formula is C20H24N4O2S. The minimum atomic E-state index is -0.235. The van der Waals surface area contributed by atoms with Gasteiger partial charge in [0.25, 0.3) is 0 Å². The number of carbonyl (C=O) groups excluding carboxylic acids is 2. The highest BCUT2D eigenvalue weighted by molar-refractivity contribution is 8.00. The fourth-order valence-corrected chi connectivity index (χ4v) is 4.82. The van der Waals surface area contributed by atoms with E-state index >= 15 is 0 Å². The number of aromatic amines is 1. The Bertz CT molecular complexity index is 829. The molecule has 1 fully saturated rings. The number of benzene rings is 1. The summed E-state index contributed by atoms with van der Waals surface area (Å²) in [5, 5.41) is 10.1. The summed E-state index contributed by atoms with van der Waals surface area (Å²) in [6.07, 6.45) is 7.50. The van der Waals surface area contributed by atoms with Gasteiger partial charge in [0, 0.05) is 16.7 Å². The lowest BCUT2D eigenvalue weighted by Gasteiger charge is -2.28. The van der Waals surface area contributed by atoms with E-state index in [4.69, 9.17) is 0 Å². The van der Waals surface area contributed by atoms with Gasteiger partial charge in [-0.05, 0) is 24.5 Å². The summed E-state index contributed by atoms with van der Waals surface area (Å²) in [5.41, 5.74) is 1.86. The molecule has 0 atom stereocenters. The number of aromatic nitrogens is 2. The normalized spacial score (nSPS) is 17.6. The van der Waals surface area contributed by atoms with Crippen molar-refractivity contribution in [2.45, 2.75) is 43.4 Å². The zero-order valence-electron chi connectivity index (χ0n) is 15.2. The fourth-order valence-electron chi connectivity index (χ4n) is 3.89. The lowest BCUT2D eigenvalue weighted by molar-refractivity contribution is -0.120. The Hall–Kier alpha value is -2.28. The molecule has 0 saturated heterocycles. The van der Waals surface area contributed by atoms with Gasteiger partial charge in [0.05, 0.1) is 11.4 Å². The monoisotopic (exact) mass is 384 g/mol. The molecule has 2 aromatic rings. The maximum Gasteiger partial charge on any atom is 0.245 e. The first-order chi connectivity index (χ1) is 13.2. The van der Waals surface area contributed by atoms with Crippen LogP contribution in [0.3, 0.4) is 0 Å². The van der Waals surface area contributed by atoms with E-state index in [2.05, 4.69) is 15.5 Å². The Kier molecular flexibility index (Phi) is 5.48. The molecule has 142 valence electrons. The number of hydrogen-bond donors (Lipinski definition) is 2. The molecule has 27 heavy (non-hydrogen) atoms. The molecule has 0 radical (unpaired) electrons. The van der Waals surface area contributed by atoms with Gasteiger partial charge in [0.15, 0.2) is 5.82 Å². The standard InChI is InChI=1S/C20H24N4O2S/c25-19(12-24-16-8-4-5-9-17(16)27-13-20(24)26)21-18-11-15(22-23-18)10-14-6-2-1-3-7-14/h4-5,8-9,11,14H,1-3,6-7,10,12-13H2,(H2,21,22,23,25). The van der Waals surface area contributed by atoms with E-state index < -0.39 is 0 Å². The average molecular weight is 385 g/mol. The predicted octanol–water partition coefficient (Wildman–Crippen LogP) is 3.61. The number of rotatable bonds is 5. The number of carbonyl (C=O) groups is 2. The summed E-state index contributed by atoms with van der Waals surface area (Å²) < 4.78 is 0. The molecule has 7 heteroatoms. The molecule has 0 bridgehead atoms. The smallest absolute Gasteiger partial charge is 0.245 e. The van der Waals surface area contributed by atoms with Crippen LogP contribution in [0.1, 0.15) is 37.8 Å². The van der Waals surface area contributed by atoms with Gasteiger partial charge in [-0.1, -0.05) is 44.2 Å². The average Bonchev–Trinajstić information content (AvgIpc) is 3.11. The first-order valence-corrected chi connectivity index (χ1v) is 10.5. The van der Waals surface area contributed by atoms with Gasteiger partial charge in [-0.2, -0.15) is 5.10 Å². The van der Waals surface area contributed by atoms with Crippen LogP contribution < -0.4 is 10.2 Å². The van der Waals surface area contributed by atoms with E-state index in [0.29, 0.717) is 17.5 Å². The van der Waals surface area contributed by atoms with Gasteiger partial charge >= 0.3 is 0 Å². The van der Waals surface area contributed by atoms with Crippen LogP contribution in [-0.4, -0.2) is 34.3 Å². The Morgan fingerprint density at radius 2 is 2.07 bits per heavy atom. The third kappa shape index (κ3) is 4.35. The van der Waals surface area contributed by atoms with Crippen molar-refractivity contribution in [2.75, 3.05) is 22.5 Å². The second kappa shape index (κ2) is 8.17. The van der Waals surface area contributed by atoms with Crippen molar-refractivity contribution in [3.63, 3.8) is 0 Å². The summed E-state index contributed by atoms with van der Waals surface area (Å²) in [6, 6.07) is 9.59. The number of nitrogens with one attached hydrogen (secondary N) is 2. The van der Waals surface area contributed by atoms with Gasteiger partial charge in [-0.15, -0.1) is 11.8 Å². The molecule has 1 aliphatic heterocycles. The van der Waals surface area contributed by atoms with E-state index in [9.17, 15) is 9.59 Å². The quantitative estimate of drug-likeness (QED) is 0.825. The molecule has 6 nitrogen and oxygen atoms in total. The van der Waals surface area contributed by atoms with Crippen molar-refractivity contribution in [3.05, 3.63) is 36.0 Å². The van der Waals surface area contributed by atoms with Gasteiger partial charge in [-0.25, -0.2) is 0 Å². The zero-order chi connectivity index (χ0) is 18.6. The lowest BCUT2D eigenvalue weighted by Crippen LogP contribution is -2.41. The van der Waals surface area contributed by atoms with Crippen LogP contribution in [0.15, 0.2) is 35.2 Å². The van der Waals surface area contributed by atoms with E-state index in [1.54, 1.807) is 4.90 Å². The third-order valence-electron chi connectivity index (χ3n) is 5.24. The van der Waals surface area contributed by atoms with Gasteiger partial charge < -0.3 is 10.2 Å². The molecule has 1 aromatic carbocycles. The summed E-state index contributed by atoms with van der Waals surface area (Å²) in [6.45, 7) is 0.00122. The maximum atomic E-state index is 12.5. The summed E-state index contributed by atoms with van der Waals surface area (Å²) >= 11 is 1.51. The number of thioether (sulfide) groups is 1. The second-order valence-electron chi connectivity index (χ2n) is 7.27. The number of nitrogens with zero attached hydrogens (tertiary/aromatic N) is 2. The lowest BCUT2D eigenvalue weighted by atomic mass is 9.86. The van der Waals surface area contributed by atoms with Crippen LogP contribution in [0.2, 0.25) is 0 Å². The Morgan fingerprint density at radius 3 is 2.93 bits per heavy atom. The predicted molar refractivity (Wildman–Crippen MR) is 107 cm³/mol. The molecule has 1 aromatic heterocycles. The van der Waals surface area contributed by atoms with Crippen molar-refractivity contribution >= 4 is 35.1 Å². The number of fused-ring (bicyclic) bond motifs is 1. The summed E-state index contributed by atoms with van der Waals surface area (Å²) in [7, 11) is 0. The topological polar surface area (TPSA) is 78.1 Å². The highest BCUT2D eigenvalue weighted by Gasteiger charge is 2.26. The van der Waals surface area contributed by atoms with E-state index in [-0.39, 0.29) is 18.4 Å². The van der Waals surface area contributed by atoms with Crippen LogP contribution in [0.25, 0.3) is 0 Å². The van der Waals surface area contributed by atoms with E-state index in [1.165, 1.54) is 43.9 Å². The second-order valence-corrected chi connectivity index (χ2v) is 8.29. The largest absolute Gasteiger partial charge is 0.308 e. The number of para-hydroxylation sites is 1. The van der Waals surface area contributed by atoms with Crippen molar-refractivity contribution in [1.29, 1.82) is 0 Å². The summed E-state index contributed by atoms with van der Waals surface area (Å²) in [5.74, 6) is 1.31. The van der Waals surface area contributed by atoms with Crippen molar-refractivity contribution in [3.8, 4) is 0 Å². The minimum absolute atomic E-state index is 0.00122. The number of H-pyrrole nitrogens is 1.